The molecule has 4 amide bonds. The summed E-state index contributed by atoms with van der Waals surface area (Å²) in [5.74, 6) is -1.12. The minimum Gasteiger partial charge on any atom is -0.541 e. The highest BCUT2D eigenvalue weighted by Crippen LogP contribution is 2.50. The number of amides is 4. The van der Waals surface area contributed by atoms with Crippen molar-refractivity contribution in [2.75, 3.05) is 52.9 Å². The Morgan fingerprint density at radius 3 is 1.59 bits per heavy atom. The van der Waals surface area contributed by atoms with Crippen LogP contribution >= 0.6 is 0 Å². The summed E-state index contributed by atoms with van der Waals surface area (Å²) in [5.41, 5.74) is 0.534. The molecule has 1 saturated heterocycles. The van der Waals surface area contributed by atoms with Crippen molar-refractivity contribution in [3.8, 4) is 23.0 Å². The molecule has 64 heavy (non-hydrogen) atoms. The van der Waals surface area contributed by atoms with Gasteiger partial charge in [-0.2, -0.15) is 0 Å². The quantitative estimate of drug-likeness (QED) is 0.0546. The van der Waals surface area contributed by atoms with Gasteiger partial charge in [0.25, 0.3) is 36.8 Å². The summed E-state index contributed by atoms with van der Waals surface area (Å²) in [6, 6.07) is 7.10. The van der Waals surface area contributed by atoms with E-state index in [9.17, 15) is 24.0 Å². The third-order valence-corrected chi connectivity index (χ3v) is 25.9. The summed E-state index contributed by atoms with van der Waals surface area (Å²) < 4.78 is 49.3. The van der Waals surface area contributed by atoms with Crippen LogP contribution in [0.15, 0.2) is 30.3 Å². The van der Waals surface area contributed by atoms with Crippen molar-refractivity contribution in [1.29, 1.82) is 0 Å². The number of piperidine rings is 1. The molecule has 4 rings (SSSR count). The second kappa shape index (κ2) is 20.6. The molecule has 2 aliphatic rings. The number of nitrogens with one attached hydrogen (secondary N) is 1. The van der Waals surface area contributed by atoms with Crippen molar-refractivity contribution in [1.82, 2.24) is 10.2 Å². The Morgan fingerprint density at radius 2 is 1.11 bits per heavy atom. The Balaban J connectivity index is 1.26. The van der Waals surface area contributed by atoms with E-state index < -0.39 is 60.6 Å². The first-order chi connectivity index (χ1) is 29.5. The van der Waals surface area contributed by atoms with Crippen LogP contribution in [0.3, 0.4) is 0 Å². The fourth-order valence-electron chi connectivity index (χ4n) is 5.84. The Kier molecular flexibility index (Phi) is 16.9. The second-order valence-corrected chi connectivity index (χ2v) is 35.0. The third kappa shape index (κ3) is 12.8. The van der Waals surface area contributed by atoms with E-state index in [-0.39, 0.29) is 84.5 Å². The summed E-state index contributed by atoms with van der Waals surface area (Å²) in [4.78, 5) is 64.8. The highest BCUT2D eigenvalue weighted by atomic mass is 28.4. The van der Waals surface area contributed by atoms with Crippen molar-refractivity contribution in [3.63, 3.8) is 0 Å². The van der Waals surface area contributed by atoms with Crippen LogP contribution in [0, 0.1) is 0 Å². The van der Waals surface area contributed by atoms with Gasteiger partial charge in [-0.3, -0.25) is 29.4 Å². The number of imide groups is 2. The standard InChI is InChI=1S/C46H72N2O13Si3/c1-44(2,3)62(10,11)59-35-29-31(30-36(60-63(12,13)45(4,5)6)39(35)61-64(14,15)46(7,8)9)43(53)58-28-26-56-24-22-54-21-23-55-25-27-57-34-18-16-17-32-38(34)42(52)48(41(32)51)33-19-20-37(49)47-40(33)50/h16-18,29-30,33H,19-28H2,1-15H3,(H,47,49,50). The SMILES string of the molecule is CC(C)(C)[Si](C)(C)Oc1cc(C(=O)OCCOCCOCCOCCOc2cccc3c2C(=O)N(C2CCC(=O)NC2=O)C3=O)cc(O[Si](C)(C)C(C)(C)C)c1O[Si](C)(C)C(C)(C)C. The number of ether oxygens (including phenoxy) is 5. The van der Waals surface area contributed by atoms with Gasteiger partial charge in [-0.25, -0.2) is 4.79 Å². The van der Waals surface area contributed by atoms with Gasteiger partial charge in [-0.05, 0) is 85.1 Å². The number of carbonyl (C=O) groups excluding carboxylic acids is 5. The van der Waals surface area contributed by atoms with E-state index in [1.165, 1.54) is 6.07 Å². The largest absolute Gasteiger partial charge is 0.541 e. The number of esters is 1. The molecule has 15 nitrogen and oxygen atoms in total. The van der Waals surface area contributed by atoms with E-state index in [0.29, 0.717) is 36.0 Å². The van der Waals surface area contributed by atoms with Gasteiger partial charge in [0, 0.05) is 6.42 Å². The molecule has 1 unspecified atom stereocenters. The first-order valence-electron chi connectivity index (χ1n) is 22.1. The lowest BCUT2D eigenvalue weighted by molar-refractivity contribution is -0.136. The van der Waals surface area contributed by atoms with Crippen molar-refractivity contribution in [2.24, 2.45) is 0 Å². The van der Waals surface area contributed by atoms with E-state index in [2.05, 4.69) is 107 Å². The minimum absolute atomic E-state index is 0.0281. The summed E-state index contributed by atoms with van der Waals surface area (Å²) >= 11 is 0. The zero-order valence-electron chi connectivity index (χ0n) is 40.8. The van der Waals surface area contributed by atoms with Gasteiger partial charge in [-0.15, -0.1) is 0 Å². The molecule has 1 N–H and O–H groups in total. The molecule has 2 aliphatic heterocycles. The average Bonchev–Trinajstić information content (AvgIpc) is 3.42. The molecule has 1 fully saturated rings. The lowest BCUT2D eigenvalue weighted by atomic mass is 10.0. The molecule has 18 heteroatoms. The number of benzene rings is 2. The zero-order chi connectivity index (χ0) is 48.1. The highest BCUT2D eigenvalue weighted by Gasteiger charge is 2.47. The summed E-state index contributed by atoms with van der Waals surface area (Å²) in [7, 11) is -7.21. The van der Waals surface area contributed by atoms with E-state index >= 15 is 0 Å². The average molecular weight is 945 g/mol. The van der Waals surface area contributed by atoms with Crippen LogP contribution < -0.4 is 23.3 Å². The fraction of sp³-hybridized carbons (Fsp3) is 0.630. The van der Waals surface area contributed by atoms with Crippen molar-refractivity contribution in [3.05, 3.63) is 47.0 Å². The number of fused-ring (bicyclic) bond motifs is 1. The van der Waals surface area contributed by atoms with Crippen LogP contribution in [-0.2, 0) is 28.5 Å². The van der Waals surface area contributed by atoms with E-state index in [1.54, 1.807) is 24.3 Å². The minimum atomic E-state index is -2.41. The smallest absolute Gasteiger partial charge is 0.338 e. The number of carbonyl (C=O) groups is 5. The molecule has 0 radical (unpaired) electrons. The lowest BCUT2D eigenvalue weighted by Crippen LogP contribution is -2.54. The molecular formula is C46H72N2O13Si3. The Hall–Kier alpha value is -4.08. The Morgan fingerprint density at radius 1 is 0.641 bits per heavy atom. The Labute approximate surface area is 382 Å². The molecule has 0 bridgehead atoms. The van der Waals surface area contributed by atoms with Crippen LogP contribution in [0.1, 0.15) is 106 Å². The summed E-state index contributed by atoms with van der Waals surface area (Å²) in [6.07, 6.45) is 0.104. The topological polar surface area (TPSA) is 174 Å². The normalized spacial score (nSPS) is 16.4. The number of hydrogen-bond donors (Lipinski definition) is 1. The van der Waals surface area contributed by atoms with Crippen LogP contribution in [-0.4, -0.2) is 118 Å². The van der Waals surface area contributed by atoms with Crippen molar-refractivity contribution >= 4 is 54.6 Å². The molecule has 2 aromatic carbocycles. The van der Waals surface area contributed by atoms with Gasteiger partial charge < -0.3 is 37.0 Å². The molecular weight excluding hydrogens is 873 g/mol. The predicted molar refractivity (Wildman–Crippen MR) is 251 cm³/mol. The molecule has 2 aromatic rings. The molecule has 0 aromatic heterocycles. The van der Waals surface area contributed by atoms with Crippen LogP contribution in [0.5, 0.6) is 23.0 Å². The van der Waals surface area contributed by atoms with Gasteiger partial charge in [-0.1, -0.05) is 68.4 Å². The number of nitrogens with zero attached hydrogens (tertiary/aromatic N) is 1. The van der Waals surface area contributed by atoms with Gasteiger partial charge in [0.2, 0.25) is 11.8 Å². The van der Waals surface area contributed by atoms with Gasteiger partial charge >= 0.3 is 5.97 Å². The molecule has 356 valence electrons. The van der Waals surface area contributed by atoms with Crippen molar-refractivity contribution in [2.45, 2.75) is 136 Å². The predicted octanol–water partition coefficient (Wildman–Crippen LogP) is 8.53. The molecule has 0 aliphatic carbocycles. The molecule has 0 saturated carbocycles. The van der Waals surface area contributed by atoms with Crippen LogP contribution in [0.25, 0.3) is 0 Å². The summed E-state index contributed by atoms with van der Waals surface area (Å²) in [6.45, 7) is 34.3. The first kappa shape index (κ1) is 52.5. The number of rotatable bonds is 21. The van der Waals surface area contributed by atoms with Crippen molar-refractivity contribution < 1.29 is 60.9 Å². The lowest BCUT2D eigenvalue weighted by Gasteiger charge is -2.42. The second-order valence-electron chi connectivity index (χ2n) is 20.8. The van der Waals surface area contributed by atoms with Gasteiger partial charge in [0.1, 0.15) is 36.5 Å². The van der Waals surface area contributed by atoms with Gasteiger partial charge in [0.05, 0.1) is 56.3 Å². The van der Waals surface area contributed by atoms with E-state index in [1.807, 2.05) is 0 Å². The van der Waals surface area contributed by atoms with E-state index in [4.69, 9.17) is 37.0 Å². The third-order valence-electron chi connectivity index (χ3n) is 12.9. The highest BCUT2D eigenvalue weighted by molar-refractivity contribution is 6.76. The zero-order valence-corrected chi connectivity index (χ0v) is 43.8. The van der Waals surface area contributed by atoms with Crippen LogP contribution in [0.2, 0.25) is 54.4 Å². The maximum absolute atomic E-state index is 13.7. The maximum Gasteiger partial charge on any atom is 0.338 e. The maximum atomic E-state index is 13.7. The Bertz CT molecular complexity index is 1980. The molecule has 1 atom stereocenters. The van der Waals surface area contributed by atoms with E-state index in [0.717, 1.165) is 4.90 Å². The van der Waals surface area contributed by atoms with Crippen LogP contribution in [0.4, 0.5) is 0 Å². The molecule has 0 spiro atoms. The molecule has 2 heterocycles. The number of hydrogen-bond acceptors (Lipinski definition) is 13. The first-order valence-corrected chi connectivity index (χ1v) is 30.8. The van der Waals surface area contributed by atoms with Gasteiger partial charge in [0.15, 0.2) is 5.75 Å². The summed E-state index contributed by atoms with van der Waals surface area (Å²) in [5, 5.41) is 1.85. The monoisotopic (exact) mass is 944 g/mol. The fourth-order valence-corrected chi connectivity index (χ4v) is 8.88.